The third-order valence-electron chi connectivity index (χ3n) is 2.84. The highest BCUT2D eigenvalue weighted by Gasteiger charge is 2.25. The van der Waals surface area contributed by atoms with Crippen LogP contribution in [-0.2, 0) is 9.63 Å². The summed E-state index contributed by atoms with van der Waals surface area (Å²) in [7, 11) is 0. The fraction of sp³-hybridized carbons (Fsp3) is 0.417. The topological polar surface area (TPSA) is 52.3 Å². The second-order valence-corrected chi connectivity index (χ2v) is 4.23. The average molecular weight is 242 g/mol. The number of carbonyl (C=O) groups is 1. The Labute approximate surface area is 100 Å². The minimum Gasteiger partial charge on any atom is -0.373 e. The number of hydrogen-bond acceptors (Lipinski definition) is 3. The Hall–Kier alpha value is -1.06. The molecule has 1 rings (SSSR count). The molecule has 2 atom stereocenters. The van der Waals surface area contributed by atoms with Crippen LogP contribution in [0.1, 0.15) is 31.7 Å². The van der Waals surface area contributed by atoms with Crippen molar-refractivity contribution in [3.05, 3.63) is 34.9 Å². The molecule has 0 saturated heterocycles. The molecule has 0 aromatic heterocycles. The number of benzene rings is 1. The molecule has 2 unspecified atom stereocenters. The quantitative estimate of drug-likeness (QED) is 0.825. The van der Waals surface area contributed by atoms with Crippen molar-refractivity contribution < 1.29 is 9.63 Å². The van der Waals surface area contributed by atoms with E-state index in [0.717, 1.165) is 5.56 Å². The molecule has 0 aliphatic rings. The maximum absolute atomic E-state index is 11.5. The molecule has 1 aromatic carbocycles. The maximum Gasteiger partial charge on any atom is 0.328 e. The first-order chi connectivity index (χ1) is 7.60. The van der Waals surface area contributed by atoms with Gasteiger partial charge in [-0.3, -0.25) is 4.79 Å². The van der Waals surface area contributed by atoms with Crippen LogP contribution < -0.4 is 5.90 Å². The molecule has 88 valence electrons. The van der Waals surface area contributed by atoms with Gasteiger partial charge in [-0.1, -0.05) is 37.6 Å². The predicted molar refractivity (Wildman–Crippen MR) is 63.9 cm³/mol. The van der Waals surface area contributed by atoms with Gasteiger partial charge in [-0.05, 0) is 30.0 Å². The Balaban J connectivity index is 2.90. The zero-order valence-corrected chi connectivity index (χ0v) is 10.2. The monoisotopic (exact) mass is 241 g/mol. The Morgan fingerprint density at radius 3 is 2.75 bits per heavy atom. The fourth-order valence-corrected chi connectivity index (χ4v) is 2.03. The lowest BCUT2D eigenvalue weighted by molar-refractivity contribution is -0.150. The molecule has 0 spiro atoms. The molecule has 3 nitrogen and oxygen atoms in total. The van der Waals surface area contributed by atoms with Gasteiger partial charge in [0.15, 0.2) is 0 Å². The molecule has 0 aliphatic carbocycles. The summed E-state index contributed by atoms with van der Waals surface area (Å²) >= 11 is 5.91. The summed E-state index contributed by atoms with van der Waals surface area (Å²) in [4.78, 5) is 15.8. The first kappa shape index (κ1) is 13.0. The van der Waals surface area contributed by atoms with Gasteiger partial charge in [0, 0.05) is 5.02 Å². The Kier molecular flexibility index (Phi) is 4.77. The van der Waals surface area contributed by atoms with E-state index >= 15 is 0 Å². The molecular weight excluding hydrogens is 226 g/mol. The Morgan fingerprint density at radius 2 is 2.25 bits per heavy atom. The van der Waals surface area contributed by atoms with E-state index < -0.39 is 0 Å². The molecule has 0 radical (unpaired) electrons. The average Bonchev–Trinajstić information content (AvgIpc) is 2.29. The number of nitrogens with two attached hydrogens (primary N) is 1. The maximum atomic E-state index is 11.5. The SMILES string of the molecule is CCC(C(=O)ON)C(C)c1cccc(Cl)c1. The van der Waals surface area contributed by atoms with E-state index in [1.54, 1.807) is 6.07 Å². The number of halogens is 1. The van der Waals surface area contributed by atoms with Crippen molar-refractivity contribution in [2.75, 3.05) is 0 Å². The molecule has 0 fully saturated rings. The largest absolute Gasteiger partial charge is 0.373 e. The van der Waals surface area contributed by atoms with Crippen LogP contribution in [-0.4, -0.2) is 5.97 Å². The van der Waals surface area contributed by atoms with Crippen LogP contribution in [0.2, 0.25) is 5.02 Å². The van der Waals surface area contributed by atoms with Gasteiger partial charge in [0.1, 0.15) is 0 Å². The van der Waals surface area contributed by atoms with Gasteiger partial charge < -0.3 is 4.84 Å². The molecule has 0 bridgehead atoms. The van der Waals surface area contributed by atoms with Gasteiger partial charge in [0.2, 0.25) is 0 Å². The summed E-state index contributed by atoms with van der Waals surface area (Å²) < 4.78 is 0. The lowest BCUT2D eigenvalue weighted by Gasteiger charge is -2.20. The first-order valence-corrected chi connectivity index (χ1v) is 5.64. The van der Waals surface area contributed by atoms with Crippen molar-refractivity contribution in [1.29, 1.82) is 0 Å². The highest BCUT2D eigenvalue weighted by molar-refractivity contribution is 6.30. The first-order valence-electron chi connectivity index (χ1n) is 5.26. The molecule has 1 aromatic rings. The summed E-state index contributed by atoms with van der Waals surface area (Å²) in [5.74, 6) is 4.35. The van der Waals surface area contributed by atoms with E-state index in [0.29, 0.717) is 11.4 Å². The van der Waals surface area contributed by atoms with E-state index in [9.17, 15) is 4.79 Å². The Morgan fingerprint density at radius 1 is 1.56 bits per heavy atom. The summed E-state index contributed by atoms with van der Waals surface area (Å²) in [6, 6.07) is 7.48. The third-order valence-corrected chi connectivity index (χ3v) is 3.07. The van der Waals surface area contributed by atoms with E-state index in [1.165, 1.54) is 0 Å². The lowest BCUT2D eigenvalue weighted by Crippen LogP contribution is -2.24. The molecule has 16 heavy (non-hydrogen) atoms. The van der Waals surface area contributed by atoms with Crippen LogP contribution in [0.15, 0.2) is 24.3 Å². The molecular formula is C12H16ClNO2. The van der Waals surface area contributed by atoms with Crippen molar-refractivity contribution in [2.24, 2.45) is 11.8 Å². The van der Waals surface area contributed by atoms with Gasteiger partial charge in [-0.15, -0.1) is 0 Å². The van der Waals surface area contributed by atoms with Crippen molar-refractivity contribution in [3.8, 4) is 0 Å². The van der Waals surface area contributed by atoms with Crippen LogP contribution in [0.4, 0.5) is 0 Å². The number of carbonyl (C=O) groups excluding carboxylic acids is 1. The van der Waals surface area contributed by atoms with Gasteiger partial charge in [0.05, 0.1) is 5.92 Å². The van der Waals surface area contributed by atoms with Gasteiger partial charge >= 0.3 is 5.97 Å². The lowest BCUT2D eigenvalue weighted by atomic mass is 9.86. The minimum absolute atomic E-state index is 0.0414. The van der Waals surface area contributed by atoms with E-state index in [-0.39, 0.29) is 17.8 Å². The molecule has 0 amide bonds. The summed E-state index contributed by atoms with van der Waals surface area (Å²) in [6.45, 7) is 3.90. The molecule has 4 heteroatoms. The highest BCUT2D eigenvalue weighted by atomic mass is 35.5. The third kappa shape index (κ3) is 2.97. The van der Waals surface area contributed by atoms with Crippen molar-refractivity contribution in [3.63, 3.8) is 0 Å². The normalized spacial score (nSPS) is 14.2. The van der Waals surface area contributed by atoms with Crippen molar-refractivity contribution >= 4 is 17.6 Å². The molecule has 2 N–H and O–H groups in total. The molecule has 0 saturated carbocycles. The highest BCUT2D eigenvalue weighted by Crippen LogP contribution is 2.28. The van der Waals surface area contributed by atoms with E-state index in [4.69, 9.17) is 17.5 Å². The molecule has 0 aliphatic heterocycles. The summed E-state index contributed by atoms with van der Waals surface area (Å²) in [6.07, 6.45) is 0.684. The van der Waals surface area contributed by atoms with Gasteiger partial charge in [0.25, 0.3) is 0 Å². The van der Waals surface area contributed by atoms with Crippen molar-refractivity contribution in [2.45, 2.75) is 26.2 Å². The van der Waals surface area contributed by atoms with E-state index in [1.807, 2.05) is 32.0 Å². The predicted octanol–water partition coefficient (Wildman–Crippen LogP) is 2.89. The number of hydrogen-bond donors (Lipinski definition) is 1. The minimum atomic E-state index is -0.380. The van der Waals surface area contributed by atoms with Crippen LogP contribution in [0.3, 0.4) is 0 Å². The van der Waals surface area contributed by atoms with Crippen LogP contribution in [0.5, 0.6) is 0 Å². The summed E-state index contributed by atoms with van der Waals surface area (Å²) in [5, 5.41) is 0.667. The standard InChI is InChI=1S/C12H16ClNO2/c1-3-11(12(15)16-14)8(2)9-5-4-6-10(13)7-9/h4-8,11H,3,14H2,1-2H3. The van der Waals surface area contributed by atoms with Crippen molar-refractivity contribution in [1.82, 2.24) is 0 Å². The smallest absolute Gasteiger partial charge is 0.328 e. The van der Waals surface area contributed by atoms with Crippen LogP contribution >= 0.6 is 11.6 Å². The Bertz CT molecular complexity index is 368. The van der Waals surface area contributed by atoms with Crippen LogP contribution in [0, 0.1) is 5.92 Å². The zero-order chi connectivity index (χ0) is 12.1. The zero-order valence-electron chi connectivity index (χ0n) is 9.44. The van der Waals surface area contributed by atoms with Gasteiger partial charge in [-0.25, -0.2) is 0 Å². The van der Waals surface area contributed by atoms with Gasteiger partial charge in [-0.2, -0.15) is 5.90 Å². The van der Waals surface area contributed by atoms with E-state index in [2.05, 4.69) is 4.84 Å². The second kappa shape index (κ2) is 5.87. The molecule has 0 heterocycles. The van der Waals surface area contributed by atoms with Crippen LogP contribution in [0.25, 0.3) is 0 Å². The summed E-state index contributed by atoms with van der Waals surface area (Å²) in [5.41, 5.74) is 1.02. The fourth-order valence-electron chi connectivity index (χ4n) is 1.83. The number of rotatable bonds is 4. The second-order valence-electron chi connectivity index (χ2n) is 3.80.